The van der Waals surface area contributed by atoms with Gasteiger partial charge in [0.15, 0.2) is 28.5 Å². The van der Waals surface area contributed by atoms with E-state index in [1.807, 2.05) is 0 Å². The largest absolute Gasteiger partial charge is 0.506 e. The molecule has 0 saturated heterocycles. The van der Waals surface area contributed by atoms with E-state index in [1.54, 1.807) is 0 Å². The molecule has 0 fully saturated rings. The van der Waals surface area contributed by atoms with E-state index in [4.69, 9.17) is 31.6 Å². The van der Waals surface area contributed by atoms with Crippen LogP contribution in [0.2, 0.25) is 0 Å². The molecule has 3 unspecified atom stereocenters. The van der Waals surface area contributed by atoms with Crippen LogP contribution in [0.3, 0.4) is 0 Å². The molecule has 2 heterocycles. The summed E-state index contributed by atoms with van der Waals surface area (Å²) in [7, 11) is -16.8. The summed E-state index contributed by atoms with van der Waals surface area (Å²) in [5, 5.41) is 19.8. The lowest BCUT2D eigenvalue weighted by molar-refractivity contribution is 0.0309. The summed E-state index contributed by atoms with van der Waals surface area (Å²) < 4.78 is 49.8. The first-order valence-electron chi connectivity index (χ1n) is 6.97. The number of ether oxygens (including phenoxy) is 1. The molecule has 20 heteroatoms. The molecule has 1 aromatic heterocycles. The first kappa shape index (κ1) is 24.1. The molecule has 1 aromatic rings. The molecule has 2 rings (SSSR count). The Bertz CT molecular complexity index is 1070. The SMILES string of the molecule is O=c1[nH]c(=S)[nH]cc1[C@@H]1OC(COP(=O)(O)OP(=O)(O)OP(=O)(O)O)=C(O)C1O. The van der Waals surface area contributed by atoms with Crippen LogP contribution in [0, 0.1) is 4.77 Å². The highest BCUT2D eigenvalue weighted by Crippen LogP contribution is 2.66. The quantitative estimate of drug-likeness (QED) is 0.173. The minimum Gasteiger partial charge on any atom is -0.506 e. The standard InChI is InChI=1S/C9H13N2O14P3S/c12-5-4(2-22-27(18,19)25-28(20,21)24-26(15,16)17)23-7(6(5)13)3-1-10-9(29)11-8(3)14/h1,6-7,12-13H,2H2,(H,18,19)(H,20,21)(H2,15,16,17)(H2,10,11,14,29)/t6?,7-/m0/s1. The third kappa shape index (κ3) is 6.65. The average molecular weight is 498 g/mol. The van der Waals surface area contributed by atoms with E-state index in [-0.39, 0.29) is 10.3 Å². The van der Waals surface area contributed by atoms with Gasteiger partial charge >= 0.3 is 23.5 Å². The molecule has 8 N–H and O–H groups in total. The van der Waals surface area contributed by atoms with Crippen LogP contribution in [0.1, 0.15) is 11.7 Å². The van der Waals surface area contributed by atoms with Crippen LogP contribution >= 0.6 is 35.7 Å². The van der Waals surface area contributed by atoms with Crippen molar-refractivity contribution >= 4 is 35.7 Å². The van der Waals surface area contributed by atoms with E-state index in [2.05, 4.69) is 23.1 Å². The topological polar surface area (TPSA) is 258 Å². The molecule has 0 bridgehead atoms. The molecular weight excluding hydrogens is 485 g/mol. The van der Waals surface area contributed by atoms with Gasteiger partial charge in [0.1, 0.15) is 6.61 Å². The molecule has 0 aromatic carbocycles. The van der Waals surface area contributed by atoms with Crippen LogP contribution in [-0.2, 0) is 31.6 Å². The van der Waals surface area contributed by atoms with Crippen molar-refractivity contribution in [3.8, 4) is 0 Å². The van der Waals surface area contributed by atoms with E-state index < -0.39 is 59.4 Å². The van der Waals surface area contributed by atoms with Crippen molar-refractivity contribution in [1.29, 1.82) is 0 Å². The van der Waals surface area contributed by atoms with Gasteiger partial charge in [0, 0.05) is 6.20 Å². The Hall–Kier alpha value is -1.19. The van der Waals surface area contributed by atoms with E-state index in [0.717, 1.165) is 6.20 Å². The lowest BCUT2D eigenvalue weighted by Gasteiger charge is -2.17. The van der Waals surface area contributed by atoms with Crippen molar-refractivity contribution in [1.82, 2.24) is 9.97 Å². The third-order valence-electron chi connectivity index (χ3n) is 3.05. The van der Waals surface area contributed by atoms with Gasteiger partial charge in [0.25, 0.3) is 5.56 Å². The van der Waals surface area contributed by atoms with Gasteiger partial charge in [0.05, 0.1) is 5.56 Å². The second kappa shape index (κ2) is 8.51. The minimum atomic E-state index is -5.72. The summed E-state index contributed by atoms with van der Waals surface area (Å²) in [6.07, 6.45) is -2.17. The Kier molecular flexibility index (Phi) is 7.07. The number of hydrogen-bond donors (Lipinski definition) is 8. The van der Waals surface area contributed by atoms with Crippen molar-refractivity contribution < 1.29 is 61.4 Å². The second-order valence-corrected chi connectivity index (χ2v) is 10.0. The fourth-order valence-electron chi connectivity index (χ4n) is 2.00. The van der Waals surface area contributed by atoms with Crippen molar-refractivity contribution in [3.05, 3.63) is 38.4 Å². The van der Waals surface area contributed by atoms with Gasteiger partial charge in [-0.25, -0.2) is 13.7 Å². The van der Waals surface area contributed by atoms with E-state index in [1.165, 1.54) is 0 Å². The van der Waals surface area contributed by atoms with Gasteiger partial charge < -0.3 is 39.5 Å². The Morgan fingerprint density at radius 1 is 1.14 bits per heavy atom. The maximum Gasteiger partial charge on any atom is 0.490 e. The molecule has 0 spiro atoms. The van der Waals surface area contributed by atoms with Gasteiger partial charge in [-0.1, -0.05) is 0 Å². The molecule has 0 saturated carbocycles. The number of phosphoric ester groups is 1. The fraction of sp³-hybridized carbons (Fsp3) is 0.333. The van der Waals surface area contributed by atoms with Crippen LogP contribution < -0.4 is 5.56 Å². The number of rotatable bonds is 8. The van der Waals surface area contributed by atoms with Crippen LogP contribution in [-0.4, -0.2) is 52.5 Å². The fourth-order valence-corrected chi connectivity index (χ4v) is 5.13. The summed E-state index contributed by atoms with van der Waals surface area (Å²) in [4.78, 5) is 51.8. The highest BCUT2D eigenvalue weighted by molar-refractivity contribution is 7.71. The highest BCUT2D eigenvalue weighted by Gasteiger charge is 2.43. The van der Waals surface area contributed by atoms with Crippen molar-refractivity contribution in [2.24, 2.45) is 0 Å². The first-order chi connectivity index (χ1) is 13.1. The number of aromatic nitrogens is 2. The van der Waals surface area contributed by atoms with Gasteiger partial charge in [-0.05, 0) is 12.2 Å². The molecule has 0 radical (unpaired) electrons. The Morgan fingerprint density at radius 3 is 2.31 bits per heavy atom. The lowest BCUT2D eigenvalue weighted by atomic mass is 10.1. The maximum absolute atomic E-state index is 11.9. The summed E-state index contributed by atoms with van der Waals surface area (Å²) >= 11 is 4.70. The monoisotopic (exact) mass is 498 g/mol. The van der Waals surface area contributed by atoms with Crippen LogP contribution in [0.15, 0.2) is 22.5 Å². The normalized spacial score (nSPS) is 24.0. The lowest BCUT2D eigenvalue weighted by Crippen LogP contribution is -2.24. The molecule has 4 atom stereocenters. The number of aliphatic hydroxyl groups is 2. The molecule has 1 aliphatic heterocycles. The van der Waals surface area contributed by atoms with Crippen LogP contribution in [0.4, 0.5) is 0 Å². The number of aromatic amines is 2. The van der Waals surface area contributed by atoms with Crippen molar-refractivity contribution in [2.45, 2.75) is 12.2 Å². The average Bonchev–Trinajstić information content (AvgIpc) is 2.78. The van der Waals surface area contributed by atoms with E-state index in [9.17, 15) is 33.6 Å². The summed E-state index contributed by atoms with van der Waals surface area (Å²) in [5.74, 6) is -1.54. The maximum atomic E-state index is 11.9. The summed E-state index contributed by atoms with van der Waals surface area (Å²) in [6.45, 7) is -1.12. The number of hydrogen-bond acceptors (Lipinski definition) is 11. The number of H-pyrrole nitrogens is 2. The zero-order valence-corrected chi connectivity index (χ0v) is 17.1. The molecule has 164 valence electrons. The third-order valence-corrected chi connectivity index (χ3v) is 7.05. The van der Waals surface area contributed by atoms with Gasteiger partial charge in [-0.2, -0.15) is 8.62 Å². The number of nitrogens with one attached hydrogen (secondary N) is 2. The summed E-state index contributed by atoms with van der Waals surface area (Å²) in [5.41, 5.74) is -0.967. The Morgan fingerprint density at radius 2 is 1.76 bits per heavy atom. The Balaban J connectivity index is 2.09. The molecule has 1 aliphatic rings. The predicted molar refractivity (Wildman–Crippen MR) is 91.6 cm³/mol. The minimum absolute atomic E-state index is 0.0312. The van der Waals surface area contributed by atoms with Crippen LogP contribution in [0.5, 0.6) is 0 Å². The zero-order valence-electron chi connectivity index (χ0n) is 13.6. The molecule has 0 amide bonds. The molecule has 16 nitrogen and oxygen atoms in total. The zero-order chi connectivity index (χ0) is 22.2. The molecule has 0 aliphatic carbocycles. The molecule has 29 heavy (non-hydrogen) atoms. The molecular formula is C9H13N2O14P3S. The van der Waals surface area contributed by atoms with Gasteiger partial charge in [-0.3, -0.25) is 14.3 Å². The van der Waals surface area contributed by atoms with Gasteiger partial charge in [-0.15, -0.1) is 0 Å². The smallest absolute Gasteiger partial charge is 0.490 e. The van der Waals surface area contributed by atoms with Gasteiger partial charge in [0.2, 0.25) is 0 Å². The van der Waals surface area contributed by atoms with Crippen molar-refractivity contribution in [2.75, 3.05) is 6.61 Å². The van der Waals surface area contributed by atoms with E-state index >= 15 is 0 Å². The Labute approximate surface area is 164 Å². The summed E-state index contributed by atoms with van der Waals surface area (Å²) in [6, 6.07) is 0. The second-order valence-electron chi connectivity index (χ2n) is 5.18. The van der Waals surface area contributed by atoms with Crippen LogP contribution in [0.25, 0.3) is 0 Å². The number of phosphoric acid groups is 3. The van der Waals surface area contributed by atoms with Crippen molar-refractivity contribution in [3.63, 3.8) is 0 Å². The van der Waals surface area contributed by atoms with E-state index in [0.29, 0.717) is 0 Å². The first-order valence-corrected chi connectivity index (χ1v) is 11.9. The predicted octanol–water partition coefficient (Wildman–Crippen LogP) is -0.0224. The highest BCUT2D eigenvalue weighted by atomic mass is 32.1. The number of aliphatic hydroxyl groups excluding tert-OH is 2.